The SMILES string of the molecule is Cc1cc(CN2CCN(C)CC2)cc(NC(=O)c2cc(Oc3nc(-c4ccncc4)nc4cc[nH]c34)ccc2C)c1. The molecule has 2 aromatic carbocycles. The van der Waals surface area contributed by atoms with Gasteiger partial charge in [-0.2, -0.15) is 4.98 Å². The minimum absolute atomic E-state index is 0.186. The lowest BCUT2D eigenvalue weighted by Gasteiger charge is -2.32. The van der Waals surface area contributed by atoms with Crippen molar-refractivity contribution in [2.75, 3.05) is 38.5 Å². The number of carbonyl (C=O) groups excluding carboxylic acids is 1. The summed E-state index contributed by atoms with van der Waals surface area (Å²) in [4.78, 5) is 34.9. The number of piperazine rings is 1. The molecule has 0 aliphatic carbocycles. The Kier molecular flexibility index (Phi) is 7.45. The fraction of sp³-hybridized carbons (Fsp3) is 0.250. The summed E-state index contributed by atoms with van der Waals surface area (Å²) in [5.41, 5.74) is 6.74. The van der Waals surface area contributed by atoms with Crippen LogP contribution in [0.4, 0.5) is 5.69 Å². The zero-order valence-electron chi connectivity index (χ0n) is 23.5. The number of amides is 1. The van der Waals surface area contributed by atoms with E-state index in [0.717, 1.165) is 60.6 Å². The number of pyridine rings is 1. The molecule has 1 amide bonds. The first-order valence-electron chi connectivity index (χ1n) is 13.8. The molecule has 0 unspecified atom stereocenters. The van der Waals surface area contributed by atoms with Crippen LogP contribution in [0.2, 0.25) is 0 Å². The molecule has 0 saturated carbocycles. The van der Waals surface area contributed by atoms with Crippen LogP contribution >= 0.6 is 0 Å². The maximum atomic E-state index is 13.5. The van der Waals surface area contributed by atoms with Crippen molar-refractivity contribution >= 4 is 22.6 Å². The predicted molar refractivity (Wildman–Crippen MR) is 160 cm³/mol. The summed E-state index contributed by atoms with van der Waals surface area (Å²) in [6.45, 7) is 9.08. The van der Waals surface area contributed by atoms with Gasteiger partial charge in [0.25, 0.3) is 5.91 Å². The van der Waals surface area contributed by atoms with Crippen LogP contribution < -0.4 is 10.1 Å². The Balaban J connectivity index is 1.22. The zero-order chi connectivity index (χ0) is 28.3. The second kappa shape index (κ2) is 11.5. The van der Waals surface area contributed by atoms with E-state index >= 15 is 0 Å². The molecule has 5 aromatic rings. The Hall–Kier alpha value is -4.60. The van der Waals surface area contributed by atoms with Gasteiger partial charge in [-0.05, 0) is 80.1 Å². The van der Waals surface area contributed by atoms with Crippen molar-refractivity contribution in [3.05, 3.63) is 95.4 Å². The van der Waals surface area contributed by atoms with Gasteiger partial charge in [-0.25, -0.2) is 4.98 Å². The third-order valence-electron chi connectivity index (χ3n) is 7.38. The Morgan fingerprint density at radius 1 is 0.976 bits per heavy atom. The number of rotatable bonds is 7. The molecule has 41 heavy (non-hydrogen) atoms. The second-order valence-electron chi connectivity index (χ2n) is 10.6. The van der Waals surface area contributed by atoms with Crippen molar-refractivity contribution in [2.45, 2.75) is 20.4 Å². The monoisotopic (exact) mass is 547 g/mol. The first-order valence-corrected chi connectivity index (χ1v) is 13.8. The molecule has 1 aliphatic heterocycles. The topological polar surface area (TPSA) is 99.3 Å². The van der Waals surface area contributed by atoms with Crippen LogP contribution in [0.5, 0.6) is 11.6 Å². The van der Waals surface area contributed by atoms with Gasteiger partial charge in [-0.3, -0.25) is 14.7 Å². The van der Waals surface area contributed by atoms with E-state index < -0.39 is 0 Å². The smallest absolute Gasteiger partial charge is 0.256 e. The predicted octanol–water partition coefficient (Wildman–Crippen LogP) is 5.43. The molecule has 0 spiro atoms. The van der Waals surface area contributed by atoms with E-state index in [9.17, 15) is 4.79 Å². The van der Waals surface area contributed by atoms with Gasteiger partial charge >= 0.3 is 0 Å². The van der Waals surface area contributed by atoms with Gasteiger partial charge in [0.2, 0.25) is 5.88 Å². The van der Waals surface area contributed by atoms with E-state index in [1.165, 1.54) is 5.56 Å². The van der Waals surface area contributed by atoms with Crippen molar-refractivity contribution in [1.82, 2.24) is 29.7 Å². The van der Waals surface area contributed by atoms with Crippen LogP contribution in [-0.4, -0.2) is 68.9 Å². The molecule has 9 nitrogen and oxygen atoms in total. The van der Waals surface area contributed by atoms with Crippen molar-refractivity contribution < 1.29 is 9.53 Å². The minimum atomic E-state index is -0.186. The molecule has 9 heteroatoms. The highest BCUT2D eigenvalue weighted by Crippen LogP contribution is 2.30. The number of likely N-dealkylation sites (N-methyl/N-ethyl adjacent to an activating group) is 1. The summed E-state index contributed by atoms with van der Waals surface area (Å²) >= 11 is 0. The van der Waals surface area contributed by atoms with Crippen LogP contribution in [0.1, 0.15) is 27.0 Å². The number of nitrogens with one attached hydrogen (secondary N) is 2. The van der Waals surface area contributed by atoms with E-state index in [4.69, 9.17) is 4.74 Å². The average Bonchev–Trinajstić information content (AvgIpc) is 3.45. The molecule has 6 rings (SSSR count). The van der Waals surface area contributed by atoms with E-state index in [1.807, 2.05) is 43.3 Å². The van der Waals surface area contributed by atoms with Crippen molar-refractivity contribution in [2.24, 2.45) is 0 Å². The summed E-state index contributed by atoms with van der Waals surface area (Å²) in [5, 5.41) is 3.11. The third-order valence-corrected chi connectivity index (χ3v) is 7.38. The first-order chi connectivity index (χ1) is 19.9. The number of fused-ring (bicyclic) bond motifs is 1. The molecule has 1 fully saturated rings. The highest BCUT2D eigenvalue weighted by molar-refractivity contribution is 6.05. The number of benzene rings is 2. The van der Waals surface area contributed by atoms with E-state index in [1.54, 1.807) is 24.7 Å². The van der Waals surface area contributed by atoms with Gasteiger partial charge in [0.15, 0.2) is 5.82 Å². The van der Waals surface area contributed by atoms with E-state index in [0.29, 0.717) is 28.5 Å². The summed E-state index contributed by atoms with van der Waals surface area (Å²) < 4.78 is 6.25. The lowest BCUT2D eigenvalue weighted by atomic mass is 10.1. The van der Waals surface area contributed by atoms with Crippen LogP contribution in [0.15, 0.2) is 73.2 Å². The van der Waals surface area contributed by atoms with Crippen molar-refractivity contribution in [3.63, 3.8) is 0 Å². The maximum absolute atomic E-state index is 13.5. The number of ether oxygens (including phenoxy) is 1. The number of aryl methyl sites for hydroxylation is 2. The lowest BCUT2D eigenvalue weighted by molar-refractivity contribution is 0.102. The number of aromatic nitrogens is 4. The van der Waals surface area contributed by atoms with Crippen LogP contribution in [0, 0.1) is 13.8 Å². The first kappa shape index (κ1) is 26.6. The highest BCUT2D eigenvalue weighted by atomic mass is 16.5. The van der Waals surface area contributed by atoms with Gasteiger partial charge in [0.05, 0.1) is 5.52 Å². The highest BCUT2D eigenvalue weighted by Gasteiger charge is 2.17. The Morgan fingerprint density at radius 2 is 1.78 bits per heavy atom. The zero-order valence-corrected chi connectivity index (χ0v) is 23.5. The standard InChI is InChI=1S/C32H33N7O2/c1-21-16-23(20-39-14-12-38(3)13-15-39)18-25(17-21)35-31(40)27-19-26(5-4-22(27)2)41-32-29-28(8-11-34-29)36-30(37-32)24-6-9-33-10-7-24/h4-11,16-19,34H,12-15,20H2,1-3H3,(H,35,40). The number of nitrogens with zero attached hydrogens (tertiary/aromatic N) is 5. The van der Waals surface area contributed by atoms with Crippen LogP contribution in [0.25, 0.3) is 22.4 Å². The summed E-state index contributed by atoms with van der Waals surface area (Å²) in [6.07, 6.45) is 5.21. The van der Waals surface area contributed by atoms with Gasteiger partial charge in [0.1, 0.15) is 11.3 Å². The number of aromatic amines is 1. The molecule has 0 bridgehead atoms. The fourth-order valence-corrected chi connectivity index (χ4v) is 5.13. The number of carbonyl (C=O) groups is 1. The largest absolute Gasteiger partial charge is 0.437 e. The van der Waals surface area contributed by atoms with Crippen LogP contribution in [0.3, 0.4) is 0 Å². The summed E-state index contributed by atoms with van der Waals surface area (Å²) in [6, 6.07) is 17.3. The quantitative estimate of drug-likeness (QED) is 0.280. The molecular weight excluding hydrogens is 514 g/mol. The van der Waals surface area contributed by atoms with Gasteiger partial charge in [-0.1, -0.05) is 12.1 Å². The Morgan fingerprint density at radius 3 is 2.59 bits per heavy atom. The fourth-order valence-electron chi connectivity index (χ4n) is 5.13. The number of anilines is 1. The second-order valence-corrected chi connectivity index (χ2v) is 10.6. The summed E-state index contributed by atoms with van der Waals surface area (Å²) in [5.74, 6) is 1.24. The van der Waals surface area contributed by atoms with E-state index in [-0.39, 0.29) is 5.91 Å². The van der Waals surface area contributed by atoms with Gasteiger partial charge in [-0.15, -0.1) is 0 Å². The van der Waals surface area contributed by atoms with Crippen molar-refractivity contribution in [1.29, 1.82) is 0 Å². The molecule has 0 atom stereocenters. The summed E-state index contributed by atoms with van der Waals surface area (Å²) in [7, 11) is 2.16. The third kappa shape index (κ3) is 6.11. The number of hydrogen-bond donors (Lipinski definition) is 2. The van der Waals surface area contributed by atoms with Gasteiger partial charge in [0, 0.05) is 68.1 Å². The maximum Gasteiger partial charge on any atom is 0.256 e. The van der Waals surface area contributed by atoms with Crippen molar-refractivity contribution in [3.8, 4) is 23.0 Å². The number of hydrogen-bond acceptors (Lipinski definition) is 7. The minimum Gasteiger partial charge on any atom is -0.437 e. The van der Waals surface area contributed by atoms with Gasteiger partial charge < -0.3 is 19.9 Å². The molecule has 208 valence electrons. The normalized spacial score (nSPS) is 14.3. The Bertz CT molecular complexity index is 1690. The lowest BCUT2D eigenvalue weighted by Crippen LogP contribution is -2.43. The molecule has 4 heterocycles. The molecule has 2 N–H and O–H groups in total. The average molecular weight is 548 g/mol. The molecule has 1 saturated heterocycles. The number of H-pyrrole nitrogens is 1. The van der Waals surface area contributed by atoms with Crippen LogP contribution in [-0.2, 0) is 6.54 Å². The molecule has 3 aromatic heterocycles. The molecule has 0 radical (unpaired) electrons. The molecular formula is C32H33N7O2. The van der Waals surface area contributed by atoms with E-state index in [2.05, 4.69) is 61.2 Å². The molecule has 1 aliphatic rings. The Labute approximate surface area is 239 Å².